The first kappa shape index (κ1) is 14.8. The zero-order valence-corrected chi connectivity index (χ0v) is 12.7. The topological polar surface area (TPSA) is 58.6 Å². The van der Waals surface area contributed by atoms with E-state index < -0.39 is 0 Å². The summed E-state index contributed by atoms with van der Waals surface area (Å²) in [6.45, 7) is 2.95. The summed E-state index contributed by atoms with van der Waals surface area (Å²) in [5.41, 5.74) is 0. The summed E-state index contributed by atoms with van der Waals surface area (Å²) in [4.78, 5) is 26.3. The molecule has 5 nitrogen and oxygen atoms in total. The van der Waals surface area contributed by atoms with Crippen molar-refractivity contribution >= 4 is 11.8 Å². The molecule has 2 saturated heterocycles. The molecular weight excluding hydrogens is 268 g/mol. The van der Waals surface area contributed by atoms with Gasteiger partial charge in [0.15, 0.2) is 0 Å². The number of rotatable bonds is 4. The van der Waals surface area contributed by atoms with Gasteiger partial charge in [-0.05, 0) is 38.5 Å². The van der Waals surface area contributed by atoms with Crippen LogP contribution in [0.3, 0.4) is 0 Å². The van der Waals surface area contributed by atoms with E-state index in [2.05, 4.69) is 5.32 Å². The Morgan fingerprint density at radius 1 is 1.00 bits per heavy atom. The third-order valence-corrected chi connectivity index (χ3v) is 5.16. The molecule has 1 unspecified atom stereocenters. The maximum atomic E-state index is 12.2. The van der Waals surface area contributed by atoms with E-state index >= 15 is 0 Å². The Kier molecular flexibility index (Phi) is 4.78. The third kappa shape index (κ3) is 3.57. The lowest BCUT2D eigenvalue weighted by molar-refractivity contribution is -0.141. The Bertz CT molecular complexity index is 381. The van der Waals surface area contributed by atoms with E-state index in [4.69, 9.17) is 4.74 Å². The van der Waals surface area contributed by atoms with Crippen LogP contribution in [0.1, 0.15) is 44.9 Å². The SMILES string of the molecule is O=C(NCC1CCCO1)C1CCN(C(=O)C2CCC2)CC1. The van der Waals surface area contributed by atoms with E-state index in [-0.39, 0.29) is 23.8 Å². The largest absolute Gasteiger partial charge is 0.376 e. The number of piperidine rings is 1. The predicted molar refractivity (Wildman–Crippen MR) is 78.6 cm³/mol. The van der Waals surface area contributed by atoms with Crippen LogP contribution in [0.2, 0.25) is 0 Å². The second-order valence-electron chi connectivity index (χ2n) is 6.61. The summed E-state index contributed by atoms with van der Waals surface area (Å²) in [6, 6.07) is 0. The molecule has 3 rings (SSSR count). The molecule has 0 spiro atoms. The molecule has 1 atom stereocenters. The molecule has 0 aromatic carbocycles. The highest BCUT2D eigenvalue weighted by atomic mass is 16.5. The molecule has 21 heavy (non-hydrogen) atoms. The summed E-state index contributed by atoms with van der Waals surface area (Å²) in [6.07, 6.45) is 7.26. The average Bonchev–Trinajstić information content (AvgIpc) is 2.96. The highest BCUT2D eigenvalue weighted by Gasteiger charge is 2.33. The minimum absolute atomic E-state index is 0.0665. The maximum absolute atomic E-state index is 12.2. The molecule has 3 aliphatic rings. The minimum Gasteiger partial charge on any atom is -0.376 e. The van der Waals surface area contributed by atoms with Crippen LogP contribution in [0, 0.1) is 11.8 Å². The first-order valence-corrected chi connectivity index (χ1v) is 8.42. The smallest absolute Gasteiger partial charge is 0.225 e. The van der Waals surface area contributed by atoms with Crippen LogP contribution in [0.4, 0.5) is 0 Å². The van der Waals surface area contributed by atoms with Gasteiger partial charge >= 0.3 is 0 Å². The van der Waals surface area contributed by atoms with Gasteiger partial charge in [-0.3, -0.25) is 9.59 Å². The number of nitrogens with zero attached hydrogens (tertiary/aromatic N) is 1. The molecule has 3 fully saturated rings. The number of carbonyl (C=O) groups excluding carboxylic acids is 2. The number of carbonyl (C=O) groups is 2. The van der Waals surface area contributed by atoms with Gasteiger partial charge in [-0.15, -0.1) is 0 Å². The first-order chi connectivity index (χ1) is 10.2. The summed E-state index contributed by atoms with van der Waals surface area (Å²) >= 11 is 0. The molecule has 0 bridgehead atoms. The van der Waals surface area contributed by atoms with Crippen molar-refractivity contribution < 1.29 is 14.3 Å². The zero-order chi connectivity index (χ0) is 14.7. The molecule has 1 N–H and O–H groups in total. The number of ether oxygens (including phenoxy) is 1. The Balaban J connectivity index is 1.38. The second kappa shape index (κ2) is 6.77. The molecule has 118 valence electrons. The average molecular weight is 294 g/mol. The van der Waals surface area contributed by atoms with Crippen LogP contribution in [0.25, 0.3) is 0 Å². The number of likely N-dealkylation sites (tertiary alicyclic amines) is 1. The van der Waals surface area contributed by atoms with E-state index in [1.165, 1.54) is 6.42 Å². The van der Waals surface area contributed by atoms with Crippen LogP contribution in [0.5, 0.6) is 0 Å². The Hall–Kier alpha value is -1.10. The Morgan fingerprint density at radius 3 is 2.33 bits per heavy atom. The molecular formula is C16H26N2O3. The predicted octanol–water partition coefficient (Wildman–Crippen LogP) is 1.32. The van der Waals surface area contributed by atoms with Gasteiger partial charge in [-0.1, -0.05) is 6.42 Å². The van der Waals surface area contributed by atoms with Crippen LogP contribution in [-0.2, 0) is 14.3 Å². The first-order valence-electron chi connectivity index (χ1n) is 8.42. The monoisotopic (exact) mass is 294 g/mol. The molecule has 2 aliphatic heterocycles. The van der Waals surface area contributed by atoms with Gasteiger partial charge in [0.2, 0.25) is 11.8 Å². The van der Waals surface area contributed by atoms with Gasteiger partial charge in [-0.2, -0.15) is 0 Å². The fraction of sp³-hybridized carbons (Fsp3) is 0.875. The van der Waals surface area contributed by atoms with E-state index in [0.717, 1.165) is 58.2 Å². The number of hydrogen-bond acceptors (Lipinski definition) is 3. The van der Waals surface area contributed by atoms with Gasteiger partial charge in [-0.25, -0.2) is 0 Å². The maximum Gasteiger partial charge on any atom is 0.225 e. The zero-order valence-electron chi connectivity index (χ0n) is 12.7. The van der Waals surface area contributed by atoms with Crippen molar-refractivity contribution in [3.63, 3.8) is 0 Å². The van der Waals surface area contributed by atoms with E-state index in [1.54, 1.807) is 0 Å². The van der Waals surface area contributed by atoms with Crippen molar-refractivity contribution in [3.8, 4) is 0 Å². The third-order valence-electron chi connectivity index (χ3n) is 5.16. The molecule has 0 aromatic heterocycles. The highest BCUT2D eigenvalue weighted by molar-refractivity contribution is 5.81. The van der Waals surface area contributed by atoms with Crippen molar-refractivity contribution in [1.29, 1.82) is 0 Å². The van der Waals surface area contributed by atoms with Crippen molar-refractivity contribution in [2.45, 2.75) is 51.0 Å². The molecule has 5 heteroatoms. The highest BCUT2D eigenvalue weighted by Crippen LogP contribution is 2.30. The lowest BCUT2D eigenvalue weighted by Gasteiger charge is -2.36. The number of hydrogen-bond donors (Lipinski definition) is 1. The molecule has 2 amide bonds. The molecule has 0 radical (unpaired) electrons. The van der Waals surface area contributed by atoms with Crippen LogP contribution in [-0.4, -0.2) is 49.1 Å². The second-order valence-corrected chi connectivity index (χ2v) is 6.61. The molecule has 1 aliphatic carbocycles. The lowest BCUT2D eigenvalue weighted by atomic mass is 9.83. The number of amides is 2. The van der Waals surface area contributed by atoms with Gasteiger partial charge in [0.1, 0.15) is 0 Å². The fourth-order valence-corrected chi connectivity index (χ4v) is 3.44. The fourth-order valence-electron chi connectivity index (χ4n) is 3.44. The van der Waals surface area contributed by atoms with Crippen LogP contribution in [0.15, 0.2) is 0 Å². The summed E-state index contributed by atoms with van der Waals surface area (Å²) in [7, 11) is 0. The molecule has 1 saturated carbocycles. The van der Waals surface area contributed by atoms with Gasteiger partial charge in [0.25, 0.3) is 0 Å². The normalized spacial score (nSPS) is 27.4. The van der Waals surface area contributed by atoms with Crippen molar-refractivity contribution in [2.24, 2.45) is 11.8 Å². The summed E-state index contributed by atoms with van der Waals surface area (Å²) in [5, 5.41) is 3.02. The standard InChI is InChI=1S/C16H26N2O3/c19-15(17-11-14-5-2-10-21-14)12-6-8-18(9-7-12)16(20)13-3-1-4-13/h12-14H,1-11H2,(H,17,19). The van der Waals surface area contributed by atoms with Gasteiger partial charge < -0.3 is 15.0 Å². The molecule has 2 heterocycles. The lowest BCUT2D eigenvalue weighted by Crippen LogP contribution is -2.46. The van der Waals surface area contributed by atoms with Crippen LogP contribution < -0.4 is 5.32 Å². The van der Waals surface area contributed by atoms with E-state index in [1.807, 2.05) is 4.90 Å². The number of nitrogens with one attached hydrogen (secondary N) is 1. The Labute approximate surface area is 126 Å². The Morgan fingerprint density at radius 2 is 1.76 bits per heavy atom. The summed E-state index contributed by atoms with van der Waals surface area (Å²) < 4.78 is 5.52. The van der Waals surface area contributed by atoms with Crippen molar-refractivity contribution in [1.82, 2.24) is 10.2 Å². The van der Waals surface area contributed by atoms with Gasteiger partial charge in [0.05, 0.1) is 6.10 Å². The summed E-state index contributed by atoms with van der Waals surface area (Å²) in [5.74, 6) is 0.799. The van der Waals surface area contributed by atoms with Crippen molar-refractivity contribution in [2.75, 3.05) is 26.2 Å². The van der Waals surface area contributed by atoms with E-state index in [9.17, 15) is 9.59 Å². The van der Waals surface area contributed by atoms with Crippen molar-refractivity contribution in [3.05, 3.63) is 0 Å². The minimum atomic E-state index is 0.0665. The quantitative estimate of drug-likeness (QED) is 0.851. The van der Waals surface area contributed by atoms with E-state index in [0.29, 0.717) is 12.5 Å². The van der Waals surface area contributed by atoms with Crippen LogP contribution >= 0.6 is 0 Å². The molecule has 0 aromatic rings. The van der Waals surface area contributed by atoms with Gasteiger partial charge in [0, 0.05) is 38.1 Å².